The highest BCUT2D eigenvalue weighted by molar-refractivity contribution is 5.86. The van der Waals surface area contributed by atoms with Crippen LogP contribution in [0.5, 0.6) is 5.75 Å². The molecular formula is C18H20O9. The van der Waals surface area contributed by atoms with E-state index < -0.39 is 42.3 Å². The van der Waals surface area contributed by atoms with Crippen molar-refractivity contribution < 1.29 is 38.7 Å². The number of hydrogen-bond donors (Lipinski definition) is 3. The maximum absolute atomic E-state index is 11.8. The average molecular weight is 380 g/mol. The van der Waals surface area contributed by atoms with Crippen molar-refractivity contribution in [2.75, 3.05) is 6.61 Å². The second-order valence-corrected chi connectivity index (χ2v) is 6.31. The summed E-state index contributed by atoms with van der Waals surface area (Å²) in [5, 5.41) is 30.8. The molecule has 3 rings (SSSR count). The molecule has 1 aromatic carbocycles. The highest BCUT2D eigenvalue weighted by Crippen LogP contribution is 2.30. The minimum absolute atomic E-state index is 0.0956. The van der Waals surface area contributed by atoms with Gasteiger partial charge in [0.25, 0.3) is 0 Å². The third-order valence-electron chi connectivity index (χ3n) is 4.30. The van der Waals surface area contributed by atoms with E-state index in [2.05, 4.69) is 0 Å². The van der Waals surface area contributed by atoms with Crippen molar-refractivity contribution in [2.45, 2.75) is 44.6 Å². The summed E-state index contributed by atoms with van der Waals surface area (Å²) in [5.41, 5.74) is 0.388. The number of hydrogen-bond acceptors (Lipinski definition) is 9. The minimum atomic E-state index is -1.60. The van der Waals surface area contributed by atoms with Crippen molar-refractivity contribution in [3.05, 3.63) is 40.2 Å². The fourth-order valence-corrected chi connectivity index (χ4v) is 2.93. The van der Waals surface area contributed by atoms with Crippen LogP contribution in [0.2, 0.25) is 0 Å². The Hall–Kier alpha value is -2.46. The van der Waals surface area contributed by atoms with Gasteiger partial charge in [0.15, 0.2) is 0 Å². The summed E-state index contributed by atoms with van der Waals surface area (Å²) in [5.74, 6) is -0.496. The molecule has 146 valence electrons. The Labute approximate surface area is 153 Å². The number of benzene rings is 1. The molecule has 9 nitrogen and oxygen atoms in total. The van der Waals surface area contributed by atoms with Crippen LogP contribution in [0.4, 0.5) is 0 Å². The molecule has 5 unspecified atom stereocenters. The number of esters is 1. The fourth-order valence-electron chi connectivity index (χ4n) is 2.93. The predicted molar refractivity (Wildman–Crippen MR) is 91.2 cm³/mol. The van der Waals surface area contributed by atoms with Crippen LogP contribution in [0.1, 0.15) is 12.5 Å². The molecule has 2 heterocycles. The van der Waals surface area contributed by atoms with Gasteiger partial charge in [-0.2, -0.15) is 0 Å². The lowest BCUT2D eigenvalue weighted by Crippen LogP contribution is -2.60. The monoisotopic (exact) mass is 380 g/mol. The molecule has 0 saturated carbocycles. The van der Waals surface area contributed by atoms with E-state index in [1.54, 1.807) is 25.1 Å². The fraction of sp³-hybridized carbons (Fsp3) is 0.444. The number of fused-ring (bicyclic) bond motifs is 1. The first-order chi connectivity index (χ1) is 12.8. The zero-order chi connectivity index (χ0) is 19.7. The van der Waals surface area contributed by atoms with Gasteiger partial charge in [-0.05, 0) is 18.6 Å². The Bertz CT molecular complexity index is 890. The maximum atomic E-state index is 11.8. The number of aryl methyl sites for hydroxylation is 1. The SMILES string of the molecule is CC(=O)OCC1OC(Oc2cc(=O)oc3cccc(C)c23)C(O)C(O)C1O. The van der Waals surface area contributed by atoms with Crippen molar-refractivity contribution in [1.82, 2.24) is 0 Å². The van der Waals surface area contributed by atoms with Gasteiger partial charge in [0.1, 0.15) is 42.4 Å². The highest BCUT2D eigenvalue weighted by Gasteiger charge is 2.45. The lowest BCUT2D eigenvalue weighted by molar-refractivity contribution is -0.278. The number of rotatable bonds is 4. The smallest absolute Gasteiger partial charge is 0.339 e. The van der Waals surface area contributed by atoms with E-state index in [0.29, 0.717) is 11.0 Å². The van der Waals surface area contributed by atoms with Crippen LogP contribution in [-0.4, -0.2) is 58.6 Å². The standard InChI is InChI=1S/C18H20O9/c1-8-4-3-5-10-14(8)11(6-13(20)25-10)26-18-17(23)16(22)15(21)12(27-18)7-24-9(2)19/h3-6,12,15-18,21-23H,7H2,1-2H3. The first-order valence-electron chi connectivity index (χ1n) is 8.31. The molecular weight excluding hydrogens is 360 g/mol. The van der Waals surface area contributed by atoms with Gasteiger partial charge in [-0.3, -0.25) is 4.79 Å². The topological polar surface area (TPSA) is 136 Å². The molecule has 1 aromatic heterocycles. The number of carbonyl (C=O) groups excluding carboxylic acids is 1. The molecule has 1 saturated heterocycles. The van der Waals surface area contributed by atoms with Gasteiger partial charge in [0.05, 0.1) is 11.5 Å². The molecule has 0 bridgehead atoms. The van der Waals surface area contributed by atoms with Crippen LogP contribution in [0.25, 0.3) is 11.0 Å². The van der Waals surface area contributed by atoms with Crippen LogP contribution >= 0.6 is 0 Å². The Morgan fingerprint density at radius 1 is 1.19 bits per heavy atom. The second kappa shape index (κ2) is 7.65. The number of aliphatic hydroxyl groups excluding tert-OH is 3. The van der Waals surface area contributed by atoms with E-state index in [-0.39, 0.29) is 12.4 Å². The number of aliphatic hydroxyl groups is 3. The van der Waals surface area contributed by atoms with Crippen LogP contribution in [0.15, 0.2) is 33.5 Å². The quantitative estimate of drug-likeness (QED) is 0.489. The van der Waals surface area contributed by atoms with E-state index in [1.165, 1.54) is 6.92 Å². The lowest BCUT2D eigenvalue weighted by Gasteiger charge is -2.39. The van der Waals surface area contributed by atoms with Crippen LogP contribution < -0.4 is 10.4 Å². The predicted octanol–water partition coefficient (Wildman–Crippen LogP) is -0.149. The van der Waals surface area contributed by atoms with Crippen LogP contribution in [0.3, 0.4) is 0 Å². The third-order valence-corrected chi connectivity index (χ3v) is 4.30. The van der Waals surface area contributed by atoms with Gasteiger partial charge in [0, 0.05) is 6.92 Å². The Kier molecular flexibility index (Phi) is 5.47. The Morgan fingerprint density at radius 3 is 2.63 bits per heavy atom. The summed E-state index contributed by atoms with van der Waals surface area (Å²) in [6.07, 6.45) is -7.21. The van der Waals surface area contributed by atoms with Crippen molar-refractivity contribution in [1.29, 1.82) is 0 Å². The molecule has 2 aromatic rings. The lowest BCUT2D eigenvalue weighted by atomic mass is 9.99. The normalized spacial score (nSPS) is 28.1. The number of carbonyl (C=O) groups is 1. The van der Waals surface area contributed by atoms with Gasteiger partial charge in [0.2, 0.25) is 6.29 Å². The van der Waals surface area contributed by atoms with Crippen molar-refractivity contribution in [3.63, 3.8) is 0 Å². The van der Waals surface area contributed by atoms with E-state index in [0.717, 1.165) is 11.6 Å². The molecule has 1 aliphatic rings. The van der Waals surface area contributed by atoms with Gasteiger partial charge in [-0.25, -0.2) is 4.79 Å². The summed E-state index contributed by atoms with van der Waals surface area (Å²) in [4.78, 5) is 22.8. The molecule has 0 amide bonds. The summed E-state index contributed by atoms with van der Waals surface area (Å²) >= 11 is 0. The summed E-state index contributed by atoms with van der Waals surface area (Å²) in [7, 11) is 0. The highest BCUT2D eigenvalue weighted by atomic mass is 16.7. The van der Waals surface area contributed by atoms with E-state index in [4.69, 9.17) is 18.6 Å². The molecule has 9 heteroatoms. The van der Waals surface area contributed by atoms with Gasteiger partial charge < -0.3 is 33.9 Å². The molecule has 3 N–H and O–H groups in total. The summed E-state index contributed by atoms with van der Waals surface area (Å²) < 4.78 is 21.1. The number of ether oxygens (including phenoxy) is 3. The van der Waals surface area contributed by atoms with Crippen molar-refractivity contribution in [3.8, 4) is 5.75 Å². The van der Waals surface area contributed by atoms with E-state index in [1.807, 2.05) is 0 Å². The van der Waals surface area contributed by atoms with Crippen molar-refractivity contribution >= 4 is 16.9 Å². The largest absolute Gasteiger partial charge is 0.463 e. The second-order valence-electron chi connectivity index (χ2n) is 6.31. The first kappa shape index (κ1) is 19.3. The molecule has 1 aliphatic heterocycles. The Morgan fingerprint density at radius 2 is 1.93 bits per heavy atom. The third kappa shape index (κ3) is 3.96. The molecule has 0 aliphatic carbocycles. The average Bonchev–Trinajstić information content (AvgIpc) is 2.60. The molecule has 5 atom stereocenters. The summed E-state index contributed by atoms with van der Waals surface area (Å²) in [6.45, 7) is 2.64. The minimum Gasteiger partial charge on any atom is -0.463 e. The van der Waals surface area contributed by atoms with E-state index in [9.17, 15) is 24.9 Å². The van der Waals surface area contributed by atoms with Gasteiger partial charge in [-0.15, -0.1) is 0 Å². The van der Waals surface area contributed by atoms with Crippen LogP contribution in [0, 0.1) is 6.92 Å². The van der Waals surface area contributed by atoms with Crippen LogP contribution in [-0.2, 0) is 14.3 Å². The first-order valence-corrected chi connectivity index (χ1v) is 8.31. The molecule has 27 heavy (non-hydrogen) atoms. The van der Waals surface area contributed by atoms with Crippen molar-refractivity contribution in [2.24, 2.45) is 0 Å². The van der Waals surface area contributed by atoms with Gasteiger partial charge >= 0.3 is 11.6 Å². The molecule has 0 radical (unpaired) electrons. The van der Waals surface area contributed by atoms with E-state index >= 15 is 0 Å². The van der Waals surface area contributed by atoms with Gasteiger partial charge in [-0.1, -0.05) is 12.1 Å². The molecule has 1 fully saturated rings. The molecule has 0 spiro atoms. The maximum Gasteiger partial charge on any atom is 0.339 e. The Balaban J connectivity index is 1.91. The zero-order valence-electron chi connectivity index (χ0n) is 14.7. The summed E-state index contributed by atoms with van der Waals surface area (Å²) in [6, 6.07) is 6.20. The zero-order valence-corrected chi connectivity index (χ0v) is 14.7.